The van der Waals surface area contributed by atoms with Crippen molar-refractivity contribution in [1.29, 1.82) is 0 Å². The van der Waals surface area contributed by atoms with E-state index in [0.717, 1.165) is 44.2 Å². The largest absolute Gasteiger partial charge is 0.383 e. The predicted octanol–water partition coefficient (Wildman–Crippen LogP) is 1.92. The van der Waals surface area contributed by atoms with E-state index < -0.39 is 0 Å². The molecule has 122 valence electrons. The van der Waals surface area contributed by atoms with Crippen molar-refractivity contribution in [1.82, 2.24) is 19.9 Å². The number of nitrogens with zero attached hydrogens (tertiary/aromatic N) is 4. The van der Waals surface area contributed by atoms with Crippen LogP contribution >= 0.6 is 0 Å². The van der Waals surface area contributed by atoms with Crippen LogP contribution in [0.4, 0.5) is 5.95 Å². The second kappa shape index (κ2) is 7.99. The lowest BCUT2D eigenvalue weighted by molar-refractivity contribution is 0.159. The number of pyridine rings is 1. The molecule has 23 heavy (non-hydrogen) atoms. The highest BCUT2D eigenvalue weighted by Gasteiger charge is 2.21. The van der Waals surface area contributed by atoms with Crippen LogP contribution in [0.25, 0.3) is 11.4 Å². The van der Waals surface area contributed by atoms with Crippen molar-refractivity contribution in [3.05, 3.63) is 36.7 Å². The minimum Gasteiger partial charge on any atom is -0.383 e. The van der Waals surface area contributed by atoms with Gasteiger partial charge in [-0.05, 0) is 37.1 Å². The van der Waals surface area contributed by atoms with Gasteiger partial charge < -0.3 is 15.0 Å². The van der Waals surface area contributed by atoms with Crippen LogP contribution in [0.2, 0.25) is 0 Å². The Balaban J connectivity index is 1.53. The Morgan fingerprint density at radius 2 is 2.17 bits per heavy atom. The maximum absolute atomic E-state index is 5.14. The molecule has 1 aliphatic heterocycles. The lowest BCUT2D eigenvalue weighted by atomic mass is 10.1. The Morgan fingerprint density at radius 3 is 3.00 bits per heavy atom. The van der Waals surface area contributed by atoms with Gasteiger partial charge in [-0.2, -0.15) is 0 Å². The first kappa shape index (κ1) is 15.8. The van der Waals surface area contributed by atoms with Crippen LogP contribution < -0.4 is 5.32 Å². The van der Waals surface area contributed by atoms with E-state index >= 15 is 0 Å². The van der Waals surface area contributed by atoms with Gasteiger partial charge in [-0.1, -0.05) is 6.07 Å². The number of anilines is 1. The average molecular weight is 313 g/mol. The highest BCUT2D eigenvalue weighted by atomic mass is 16.5. The van der Waals surface area contributed by atoms with Crippen molar-refractivity contribution in [2.45, 2.75) is 6.42 Å². The van der Waals surface area contributed by atoms with Crippen molar-refractivity contribution in [2.24, 2.45) is 5.92 Å². The highest BCUT2D eigenvalue weighted by Crippen LogP contribution is 2.17. The molecule has 0 aromatic carbocycles. The van der Waals surface area contributed by atoms with Crippen LogP contribution in [0.15, 0.2) is 36.7 Å². The van der Waals surface area contributed by atoms with E-state index in [0.29, 0.717) is 11.9 Å². The molecule has 0 spiro atoms. The number of rotatable bonds is 7. The summed E-state index contributed by atoms with van der Waals surface area (Å²) in [6.45, 7) is 4.96. The smallest absolute Gasteiger partial charge is 0.223 e. The molecule has 3 heterocycles. The van der Waals surface area contributed by atoms with Gasteiger partial charge in [0, 0.05) is 39.1 Å². The quantitative estimate of drug-likeness (QED) is 0.842. The van der Waals surface area contributed by atoms with Crippen molar-refractivity contribution in [3.63, 3.8) is 0 Å². The first-order chi connectivity index (χ1) is 11.3. The maximum atomic E-state index is 5.14. The molecule has 0 radical (unpaired) electrons. The average Bonchev–Trinajstić information content (AvgIpc) is 3.07. The Kier molecular flexibility index (Phi) is 5.50. The third-order valence-electron chi connectivity index (χ3n) is 4.11. The van der Waals surface area contributed by atoms with Gasteiger partial charge in [0.15, 0.2) is 0 Å². The number of likely N-dealkylation sites (tertiary alicyclic amines) is 1. The molecule has 0 aliphatic carbocycles. The molecular formula is C17H23N5O. The van der Waals surface area contributed by atoms with Gasteiger partial charge in [0.2, 0.25) is 5.95 Å². The third-order valence-corrected chi connectivity index (χ3v) is 4.11. The van der Waals surface area contributed by atoms with E-state index in [2.05, 4.69) is 25.2 Å². The Morgan fingerprint density at radius 1 is 1.22 bits per heavy atom. The van der Waals surface area contributed by atoms with Crippen LogP contribution in [0.3, 0.4) is 0 Å². The van der Waals surface area contributed by atoms with E-state index in [9.17, 15) is 0 Å². The molecule has 3 rings (SSSR count). The first-order valence-electron chi connectivity index (χ1n) is 8.05. The minimum absolute atomic E-state index is 0.633. The van der Waals surface area contributed by atoms with E-state index in [-0.39, 0.29) is 0 Å². The van der Waals surface area contributed by atoms with Gasteiger partial charge in [-0.15, -0.1) is 0 Å². The maximum Gasteiger partial charge on any atom is 0.223 e. The molecule has 6 heteroatoms. The van der Waals surface area contributed by atoms with Crippen LogP contribution in [0.1, 0.15) is 6.42 Å². The van der Waals surface area contributed by atoms with Crippen LogP contribution in [-0.4, -0.2) is 59.7 Å². The molecule has 1 unspecified atom stereocenters. The predicted molar refractivity (Wildman–Crippen MR) is 90.2 cm³/mol. The Labute approximate surface area is 136 Å². The minimum atomic E-state index is 0.633. The van der Waals surface area contributed by atoms with Gasteiger partial charge in [0.1, 0.15) is 0 Å². The number of methoxy groups -OCH3 is 1. The number of nitrogens with one attached hydrogen (secondary N) is 1. The molecule has 1 N–H and O–H groups in total. The lowest BCUT2D eigenvalue weighted by Gasteiger charge is -2.15. The second-order valence-electron chi connectivity index (χ2n) is 5.81. The van der Waals surface area contributed by atoms with Crippen molar-refractivity contribution in [2.75, 3.05) is 45.2 Å². The van der Waals surface area contributed by atoms with Gasteiger partial charge in [-0.25, -0.2) is 9.97 Å². The van der Waals surface area contributed by atoms with Crippen LogP contribution in [-0.2, 0) is 4.74 Å². The molecule has 1 aliphatic rings. The molecule has 0 bridgehead atoms. The summed E-state index contributed by atoms with van der Waals surface area (Å²) in [6.07, 6.45) is 4.76. The van der Waals surface area contributed by atoms with Crippen molar-refractivity contribution >= 4 is 5.95 Å². The first-order valence-corrected chi connectivity index (χ1v) is 8.05. The summed E-state index contributed by atoms with van der Waals surface area (Å²) < 4.78 is 5.14. The molecule has 2 aromatic heterocycles. The number of ether oxygens (including phenoxy) is 1. The molecule has 0 amide bonds. The summed E-state index contributed by atoms with van der Waals surface area (Å²) in [7, 11) is 1.75. The van der Waals surface area contributed by atoms with Crippen molar-refractivity contribution < 1.29 is 4.74 Å². The van der Waals surface area contributed by atoms with Gasteiger partial charge in [-0.3, -0.25) is 4.98 Å². The zero-order valence-corrected chi connectivity index (χ0v) is 13.5. The fourth-order valence-electron chi connectivity index (χ4n) is 2.84. The zero-order chi connectivity index (χ0) is 15.9. The van der Waals surface area contributed by atoms with E-state index in [1.54, 1.807) is 19.5 Å². The number of aromatic nitrogens is 3. The summed E-state index contributed by atoms with van der Waals surface area (Å²) >= 11 is 0. The number of hydrogen-bond donors (Lipinski definition) is 1. The van der Waals surface area contributed by atoms with Crippen LogP contribution in [0.5, 0.6) is 0 Å². The second-order valence-corrected chi connectivity index (χ2v) is 5.81. The Bertz CT molecular complexity index is 607. The molecular weight excluding hydrogens is 290 g/mol. The molecule has 6 nitrogen and oxygen atoms in total. The molecule has 1 fully saturated rings. The summed E-state index contributed by atoms with van der Waals surface area (Å²) in [5, 5.41) is 3.37. The Hall–Kier alpha value is -2.05. The van der Waals surface area contributed by atoms with Gasteiger partial charge in [0.05, 0.1) is 18.0 Å². The van der Waals surface area contributed by atoms with Gasteiger partial charge in [0.25, 0.3) is 0 Å². The normalized spacial score (nSPS) is 18.2. The summed E-state index contributed by atoms with van der Waals surface area (Å²) in [6, 6.07) is 7.70. The fraction of sp³-hybridized carbons (Fsp3) is 0.471. The highest BCUT2D eigenvalue weighted by molar-refractivity contribution is 5.54. The molecule has 2 aromatic rings. The van der Waals surface area contributed by atoms with E-state index in [1.807, 2.05) is 24.3 Å². The summed E-state index contributed by atoms with van der Waals surface area (Å²) in [5.74, 6) is 1.30. The monoisotopic (exact) mass is 313 g/mol. The summed E-state index contributed by atoms with van der Waals surface area (Å²) in [5.41, 5.74) is 1.71. The van der Waals surface area contributed by atoms with E-state index in [1.165, 1.54) is 6.42 Å². The lowest BCUT2D eigenvalue weighted by Crippen LogP contribution is -2.26. The third kappa shape index (κ3) is 4.46. The zero-order valence-electron chi connectivity index (χ0n) is 13.5. The topological polar surface area (TPSA) is 63.2 Å². The summed E-state index contributed by atoms with van der Waals surface area (Å²) in [4.78, 5) is 15.6. The molecule has 0 saturated carbocycles. The SMILES string of the molecule is COCCN1CCC(CNc2nccc(-c3ccccn3)n2)C1. The molecule has 1 atom stereocenters. The van der Waals surface area contributed by atoms with Crippen LogP contribution in [0, 0.1) is 5.92 Å². The standard InChI is InChI=1S/C17H23N5O/c1-23-11-10-22-9-6-14(13-22)12-20-17-19-8-5-16(21-17)15-4-2-3-7-18-15/h2-5,7-8,14H,6,9-13H2,1H3,(H,19,20,21). The number of hydrogen-bond acceptors (Lipinski definition) is 6. The molecule has 1 saturated heterocycles. The van der Waals surface area contributed by atoms with Crippen molar-refractivity contribution in [3.8, 4) is 11.4 Å². The van der Waals surface area contributed by atoms with E-state index in [4.69, 9.17) is 4.74 Å². The van der Waals surface area contributed by atoms with Gasteiger partial charge >= 0.3 is 0 Å². The fourth-order valence-corrected chi connectivity index (χ4v) is 2.84.